The summed E-state index contributed by atoms with van der Waals surface area (Å²) in [5.41, 5.74) is -0.636. The molecule has 1 N–H and O–H groups in total. The van der Waals surface area contributed by atoms with Crippen LogP contribution in [0.2, 0.25) is 0 Å². The SMILES string of the molecule is CCNC(C)(CN1CCOC2CCCCC21)C(=O)OC. The lowest BCUT2D eigenvalue weighted by Gasteiger charge is -2.46. The Hall–Kier alpha value is -0.650. The van der Waals surface area contributed by atoms with E-state index >= 15 is 0 Å². The van der Waals surface area contributed by atoms with E-state index < -0.39 is 5.54 Å². The topological polar surface area (TPSA) is 50.8 Å². The maximum absolute atomic E-state index is 12.1. The number of likely N-dealkylation sites (N-methyl/N-ethyl adjacent to an activating group) is 1. The molecular weight excluding hydrogens is 256 g/mol. The van der Waals surface area contributed by atoms with Crippen molar-refractivity contribution in [2.75, 3.05) is 33.4 Å². The highest BCUT2D eigenvalue weighted by Gasteiger charge is 2.41. The van der Waals surface area contributed by atoms with Crippen LogP contribution in [0.25, 0.3) is 0 Å². The van der Waals surface area contributed by atoms with Crippen molar-refractivity contribution in [3.8, 4) is 0 Å². The number of carbonyl (C=O) groups excluding carboxylic acids is 1. The predicted octanol–water partition coefficient (Wildman–Crippen LogP) is 1.17. The molecule has 2 rings (SSSR count). The third-order valence-electron chi connectivity index (χ3n) is 4.57. The van der Waals surface area contributed by atoms with Gasteiger partial charge in [0.15, 0.2) is 0 Å². The van der Waals surface area contributed by atoms with Crippen LogP contribution in [0.5, 0.6) is 0 Å². The van der Waals surface area contributed by atoms with Gasteiger partial charge in [-0.15, -0.1) is 0 Å². The summed E-state index contributed by atoms with van der Waals surface area (Å²) < 4.78 is 10.9. The molecule has 5 nitrogen and oxygen atoms in total. The fraction of sp³-hybridized carbons (Fsp3) is 0.933. The van der Waals surface area contributed by atoms with Gasteiger partial charge in [-0.1, -0.05) is 19.8 Å². The summed E-state index contributed by atoms with van der Waals surface area (Å²) in [5, 5.41) is 3.30. The first kappa shape index (κ1) is 15.7. The van der Waals surface area contributed by atoms with E-state index in [1.54, 1.807) is 0 Å². The molecule has 3 atom stereocenters. The molecule has 2 aliphatic rings. The van der Waals surface area contributed by atoms with Gasteiger partial charge in [0.05, 0.1) is 19.8 Å². The zero-order valence-corrected chi connectivity index (χ0v) is 13.0. The van der Waals surface area contributed by atoms with Crippen molar-refractivity contribution in [1.82, 2.24) is 10.2 Å². The van der Waals surface area contributed by atoms with Crippen LogP contribution in [0, 0.1) is 0 Å². The maximum atomic E-state index is 12.1. The molecule has 0 bridgehead atoms. The first-order valence-electron chi connectivity index (χ1n) is 7.80. The number of ether oxygens (including phenoxy) is 2. The van der Waals surface area contributed by atoms with E-state index in [0.717, 1.165) is 26.1 Å². The van der Waals surface area contributed by atoms with Crippen molar-refractivity contribution in [2.45, 2.75) is 57.2 Å². The van der Waals surface area contributed by atoms with Crippen molar-refractivity contribution >= 4 is 5.97 Å². The zero-order valence-electron chi connectivity index (χ0n) is 13.0. The molecule has 1 aliphatic carbocycles. The quantitative estimate of drug-likeness (QED) is 0.768. The Kier molecular flexibility index (Phi) is 5.41. The molecule has 116 valence electrons. The molecule has 20 heavy (non-hydrogen) atoms. The van der Waals surface area contributed by atoms with Gasteiger partial charge in [0.25, 0.3) is 0 Å². The van der Waals surface area contributed by atoms with Gasteiger partial charge in [-0.25, -0.2) is 0 Å². The predicted molar refractivity (Wildman–Crippen MR) is 77.7 cm³/mol. The highest BCUT2D eigenvalue weighted by molar-refractivity contribution is 5.80. The minimum absolute atomic E-state index is 0.182. The summed E-state index contributed by atoms with van der Waals surface area (Å²) in [4.78, 5) is 14.5. The maximum Gasteiger partial charge on any atom is 0.327 e. The van der Waals surface area contributed by atoms with Gasteiger partial charge in [-0.05, 0) is 26.3 Å². The van der Waals surface area contributed by atoms with E-state index in [4.69, 9.17) is 9.47 Å². The Morgan fingerprint density at radius 2 is 2.20 bits per heavy atom. The van der Waals surface area contributed by atoms with Crippen molar-refractivity contribution in [3.63, 3.8) is 0 Å². The van der Waals surface area contributed by atoms with E-state index in [2.05, 4.69) is 10.2 Å². The van der Waals surface area contributed by atoms with E-state index in [-0.39, 0.29) is 5.97 Å². The molecule has 0 aromatic rings. The van der Waals surface area contributed by atoms with Crippen LogP contribution < -0.4 is 5.32 Å². The smallest absolute Gasteiger partial charge is 0.327 e. The molecule has 0 radical (unpaired) electrons. The van der Waals surface area contributed by atoms with Gasteiger partial charge in [-0.2, -0.15) is 0 Å². The van der Waals surface area contributed by atoms with Crippen LogP contribution >= 0.6 is 0 Å². The molecule has 1 saturated heterocycles. The second-order valence-electron chi connectivity index (χ2n) is 6.09. The van der Waals surface area contributed by atoms with E-state index in [1.807, 2.05) is 13.8 Å². The van der Waals surface area contributed by atoms with Crippen LogP contribution in [-0.2, 0) is 14.3 Å². The molecule has 0 spiro atoms. The van der Waals surface area contributed by atoms with Crippen molar-refractivity contribution in [2.24, 2.45) is 0 Å². The molecule has 5 heteroatoms. The Morgan fingerprint density at radius 3 is 2.90 bits per heavy atom. The Morgan fingerprint density at radius 1 is 1.45 bits per heavy atom. The molecule has 2 fully saturated rings. The number of rotatable bonds is 5. The highest BCUT2D eigenvalue weighted by Crippen LogP contribution is 2.29. The highest BCUT2D eigenvalue weighted by atomic mass is 16.5. The van der Waals surface area contributed by atoms with Crippen LogP contribution in [0.1, 0.15) is 39.5 Å². The molecular formula is C15H28N2O3. The Bertz CT molecular complexity index is 335. The first-order chi connectivity index (χ1) is 9.60. The number of hydrogen-bond acceptors (Lipinski definition) is 5. The molecule has 3 unspecified atom stereocenters. The third-order valence-corrected chi connectivity index (χ3v) is 4.57. The van der Waals surface area contributed by atoms with Gasteiger partial charge in [0.2, 0.25) is 0 Å². The number of fused-ring (bicyclic) bond motifs is 1. The lowest BCUT2D eigenvalue weighted by Crippen LogP contribution is -2.62. The Balaban J connectivity index is 2.06. The van der Waals surface area contributed by atoms with Gasteiger partial charge in [0, 0.05) is 19.1 Å². The Labute approximate surface area is 122 Å². The summed E-state index contributed by atoms with van der Waals surface area (Å²) in [6.45, 7) is 7.07. The minimum atomic E-state index is -0.636. The lowest BCUT2D eigenvalue weighted by atomic mass is 9.88. The van der Waals surface area contributed by atoms with Crippen LogP contribution in [-0.4, -0.2) is 61.9 Å². The summed E-state index contributed by atoms with van der Waals surface area (Å²) in [6, 6.07) is 0.458. The average molecular weight is 284 g/mol. The van der Waals surface area contributed by atoms with Crippen molar-refractivity contribution < 1.29 is 14.3 Å². The number of nitrogens with one attached hydrogen (secondary N) is 1. The van der Waals surface area contributed by atoms with E-state index in [9.17, 15) is 4.79 Å². The minimum Gasteiger partial charge on any atom is -0.468 e. The van der Waals surface area contributed by atoms with Crippen LogP contribution in [0.3, 0.4) is 0 Å². The third kappa shape index (κ3) is 3.32. The molecule has 1 heterocycles. The summed E-state index contributed by atoms with van der Waals surface area (Å²) in [6.07, 6.45) is 5.19. The van der Waals surface area contributed by atoms with Gasteiger partial charge >= 0.3 is 5.97 Å². The second-order valence-corrected chi connectivity index (χ2v) is 6.09. The summed E-state index contributed by atoms with van der Waals surface area (Å²) in [7, 11) is 1.46. The molecule has 0 aromatic carbocycles. The summed E-state index contributed by atoms with van der Waals surface area (Å²) >= 11 is 0. The molecule has 0 amide bonds. The fourth-order valence-corrected chi connectivity index (χ4v) is 3.59. The monoisotopic (exact) mass is 284 g/mol. The largest absolute Gasteiger partial charge is 0.468 e. The average Bonchev–Trinajstić information content (AvgIpc) is 2.47. The molecule has 1 aliphatic heterocycles. The second kappa shape index (κ2) is 6.87. The number of nitrogens with zero attached hydrogens (tertiary/aromatic N) is 1. The number of hydrogen-bond donors (Lipinski definition) is 1. The molecule has 1 saturated carbocycles. The number of morpholine rings is 1. The van der Waals surface area contributed by atoms with Crippen molar-refractivity contribution in [1.29, 1.82) is 0 Å². The van der Waals surface area contributed by atoms with Gasteiger partial charge in [-0.3, -0.25) is 9.69 Å². The van der Waals surface area contributed by atoms with E-state index in [1.165, 1.54) is 26.4 Å². The zero-order chi connectivity index (χ0) is 14.6. The summed E-state index contributed by atoms with van der Waals surface area (Å²) in [5.74, 6) is -0.182. The van der Waals surface area contributed by atoms with Crippen molar-refractivity contribution in [3.05, 3.63) is 0 Å². The van der Waals surface area contributed by atoms with Crippen LogP contribution in [0.4, 0.5) is 0 Å². The van der Waals surface area contributed by atoms with Crippen LogP contribution in [0.15, 0.2) is 0 Å². The standard InChI is InChI=1S/C15H28N2O3/c1-4-16-15(2,14(18)19-3)11-17-9-10-20-13-8-6-5-7-12(13)17/h12-13,16H,4-11H2,1-3H3. The number of esters is 1. The normalized spacial score (nSPS) is 30.4. The lowest BCUT2D eigenvalue weighted by molar-refractivity contribution is -0.151. The van der Waals surface area contributed by atoms with Gasteiger partial charge < -0.3 is 14.8 Å². The van der Waals surface area contributed by atoms with E-state index in [0.29, 0.717) is 18.7 Å². The number of carbonyl (C=O) groups is 1. The fourth-order valence-electron chi connectivity index (χ4n) is 3.59. The molecule has 0 aromatic heterocycles. The first-order valence-corrected chi connectivity index (χ1v) is 7.80. The van der Waals surface area contributed by atoms with Gasteiger partial charge in [0.1, 0.15) is 5.54 Å². The number of methoxy groups -OCH3 is 1.